The predicted octanol–water partition coefficient (Wildman–Crippen LogP) is 3.73. The first-order chi connectivity index (χ1) is 16.0. The molecule has 0 radical (unpaired) electrons. The highest BCUT2D eigenvalue weighted by molar-refractivity contribution is 7.89. The third-order valence-electron chi connectivity index (χ3n) is 5.44. The molecule has 0 spiro atoms. The van der Waals surface area contributed by atoms with Gasteiger partial charge in [-0.1, -0.05) is 6.07 Å². The molecule has 1 unspecified atom stereocenters. The van der Waals surface area contributed by atoms with Crippen molar-refractivity contribution in [2.45, 2.75) is 58.0 Å². The highest BCUT2D eigenvalue weighted by Crippen LogP contribution is 2.28. The van der Waals surface area contributed by atoms with Crippen LogP contribution in [0, 0.1) is 13.8 Å². The Hall–Kier alpha value is -3.24. The Morgan fingerprint density at radius 1 is 1.12 bits per heavy atom. The minimum atomic E-state index is -3.78. The molecule has 1 N–H and O–H groups in total. The lowest BCUT2D eigenvalue weighted by Gasteiger charge is -2.21. The van der Waals surface area contributed by atoms with Gasteiger partial charge in [0.2, 0.25) is 10.0 Å². The maximum atomic E-state index is 13.2. The highest BCUT2D eigenvalue weighted by atomic mass is 32.2. The fourth-order valence-electron chi connectivity index (χ4n) is 4.08. The molecule has 0 saturated heterocycles. The number of fused-ring (bicyclic) bond motifs is 1. The normalized spacial score (nSPS) is 13.4. The molecule has 10 heteroatoms. The van der Waals surface area contributed by atoms with Crippen LogP contribution in [-0.2, 0) is 15.6 Å². The molecular weight excluding hydrogens is 452 g/mol. The van der Waals surface area contributed by atoms with E-state index in [-0.39, 0.29) is 17.0 Å². The summed E-state index contributed by atoms with van der Waals surface area (Å²) in [5.41, 5.74) is 2.48. The molecule has 4 rings (SSSR count). The third-order valence-corrected chi connectivity index (χ3v) is 7.28. The van der Waals surface area contributed by atoms with Crippen LogP contribution in [0.3, 0.4) is 0 Å². The van der Waals surface area contributed by atoms with E-state index in [1.807, 2.05) is 51.1 Å². The average molecular weight is 483 g/mol. The van der Waals surface area contributed by atoms with Crippen LogP contribution < -0.4 is 9.46 Å². The predicted molar refractivity (Wildman–Crippen MR) is 131 cm³/mol. The summed E-state index contributed by atoms with van der Waals surface area (Å²) < 4.78 is 38.6. The smallest absolute Gasteiger partial charge is 0.244 e. The van der Waals surface area contributed by atoms with Crippen molar-refractivity contribution in [3.05, 3.63) is 60.3 Å². The first kappa shape index (κ1) is 23.9. The minimum absolute atomic E-state index is 0.155. The first-order valence-electron chi connectivity index (χ1n) is 11.1. The van der Waals surface area contributed by atoms with Crippen LogP contribution in [0.15, 0.2) is 53.8 Å². The summed E-state index contributed by atoms with van der Waals surface area (Å²) in [6.07, 6.45) is 5.19. The van der Waals surface area contributed by atoms with E-state index in [1.54, 1.807) is 48.7 Å². The lowest BCUT2D eigenvalue weighted by Crippen LogP contribution is -2.37. The van der Waals surface area contributed by atoms with Gasteiger partial charge in [0.25, 0.3) is 0 Å². The molecule has 3 heterocycles. The Labute approximate surface area is 199 Å². The second kappa shape index (κ2) is 8.84. The fourth-order valence-corrected chi connectivity index (χ4v) is 5.70. The van der Waals surface area contributed by atoms with Crippen LogP contribution in [0.1, 0.15) is 39.1 Å². The molecule has 1 atom stereocenters. The lowest BCUT2D eigenvalue weighted by molar-refractivity contribution is 0.290. The van der Waals surface area contributed by atoms with E-state index in [9.17, 15) is 8.42 Å². The van der Waals surface area contributed by atoms with E-state index >= 15 is 0 Å². The average Bonchev–Trinajstić information content (AvgIpc) is 3.33. The largest absolute Gasteiger partial charge is 0.491 e. The number of aryl methyl sites for hydroxylation is 1. The van der Waals surface area contributed by atoms with Crippen molar-refractivity contribution >= 4 is 20.9 Å². The van der Waals surface area contributed by atoms with Crippen molar-refractivity contribution in [3.8, 4) is 11.4 Å². The summed E-state index contributed by atoms with van der Waals surface area (Å²) in [5.74, 6) is 0.631. The molecule has 0 amide bonds. The van der Waals surface area contributed by atoms with Gasteiger partial charge in [0.15, 0.2) is 0 Å². The molecule has 0 bridgehead atoms. The van der Waals surface area contributed by atoms with Gasteiger partial charge < -0.3 is 4.74 Å². The van der Waals surface area contributed by atoms with Gasteiger partial charge in [-0.05, 0) is 65.8 Å². The van der Waals surface area contributed by atoms with Gasteiger partial charge in [0.05, 0.1) is 52.0 Å². The lowest BCUT2D eigenvalue weighted by atomic mass is 10.1. The van der Waals surface area contributed by atoms with Crippen LogP contribution in [-0.4, -0.2) is 45.6 Å². The standard InChI is InChI=1S/C24H30N6O3S/c1-16(28-34(31,32)23-17(2)27-30(18(23)3)24(4,5)6)15-33-22-11-7-10-21-20(22)14-26-29(21)19-9-8-12-25-13-19/h7-14,16,28H,15H2,1-6H3. The van der Waals surface area contributed by atoms with Crippen molar-refractivity contribution in [3.63, 3.8) is 0 Å². The number of rotatable bonds is 7. The van der Waals surface area contributed by atoms with Gasteiger partial charge >= 0.3 is 0 Å². The van der Waals surface area contributed by atoms with Gasteiger partial charge in [0.1, 0.15) is 17.3 Å². The summed E-state index contributed by atoms with van der Waals surface area (Å²) >= 11 is 0. The van der Waals surface area contributed by atoms with Crippen LogP contribution >= 0.6 is 0 Å². The molecule has 0 aliphatic rings. The number of hydrogen-bond donors (Lipinski definition) is 1. The number of pyridine rings is 1. The quantitative estimate of drug-likeness (QED) is 0.430. The molecule has 4 aromatic rings. The van der Waals surface area contributed by atoms with Crippen LogP contribution in [0.25, 0.3) is 16.6 Å². The zero-order valence-electron chi connectivity index (χ0n) is 20.3. The van der Waals surface area contributed by atoms with E-state index in [0.717, 1.165) is 16.6 Å². The summed E-state index contributed by atoms with van der Waals surface area (Å²) in [4.78, 5) is 4.37. The molecule has 0 aliphatic carbocycles. The zero-order valence-corrected chi connectivity index (χ0v) is 21.1. The summed E-state index contributed by atoms with van der Waals surface area (Å²) in [5, 5.41) is 9.77. The van der Waals surface area contributed by atoms with E-state index in [1.165, 1.54) is 0 Å². The Kier molecular flexibility index (Phi) is 6.22. The van der Waals surface area contributed by atoms with E-state index < -0.39 is 16.1 Å². The number of aromatic nitrogens is 5. The topological polar surface area (TPSA) is 104 Å². The number of sulfonamides is 1. The number of nitrogens with zero attached hydrogens (tertiary/aromatic N) is 5. The molecule has 180 valence electrons. The molecule has 34 heavy (non-hydrogen) atoms. The maximum absolute atomic E-state index is 13.2. The SMILES string of the molecule is Cc1nn(C(C)(C)C)c(C)c1S(=O)(=O)NC(C)COc1cccc2c1cnn2-c1cccnc1. The Morgan fingerprint density at radius 3 is 2.53 bits per heavy atom. The number of ether oxygens (including phenoxy) is 1. The van der Waals surface area contributed by atoms with Gasteiger partial charge in [-0.15, -0.1) is 0 Å². The third kappa shape index (κ3) is 4.55. The van der Waals surface area contributed by atoms with Crippen molar-refractivity contribution in [2.75, 3.05) is 6.61 Å². The van der Waals surface area contributed by atoms with Gasteiger partial charge in [-0.3, -0.25) is 9.67 Å². The molecule has 0 fully saturated rings. The fraction of sp³-hybridized carbons (Fsp3) is 0.375. The molecule has 0 aliphatic heterocycles. The second-order valence-electron chi connectivity index (χ2n) is 9.37. The Bertz CT molecular complexity index is 1420. The Balaban J connectivity index is 1.51. The van der Waals surface area contributed by atoms with Crippen LogP contribution in [0.4, 0.5) is 0 Å². The van der Waals surface area contributed by atoms with Crippen molar-refractivity contribution < 1.29 is 13.2 Å². The molecule has 3 aromatic heterocycles. The summed E-state index contributed by atoms with van der Waals surface area (Å²) in [7, 11) is -3.78. The van der Waals surface area contributed by atoms with E-state index in [2.05, 4.69) is 19.9 Å². The molecule has 9 nitrogen and oxygen atoms in total. The molecule has 1 aromatic carbocycles. The molecule has 0 saturated carbocycles. The van der Waals surface area contributed by atoms with Crippen LogP contribution in [0.5, 0.6) is 5.75 Å². The Morgan fingerprint density at radius 2 is 1.88 bits per heavy atom. The van der Waals surface area contributed by atoms with Crippen molar-refractivity contribution in [1.82, 2.24) is 29.3 Å². The first-order valence-corrected chi connectivity index (χ1v) is 12.6. The number of benzene rings is 1. The summed E-state index contributed by atoms with van der Waals surface area (Å²) in [6, 6.07) is 8.99. The molecular formula is C24H30N6O3S. The van der Waals surface area contributed by atoms with Gasteiger partial charge in [0, 0.05) is 6.20 Å². The summed E-state index contributed by atoms with van der Waals surface area (Å²) in [6.45, 7) is 11.4. The monoisotopic (exact) mass is 482 g/mol. The number of hydrogen-bond acceptors (Lipinski definition) is 6. The second-order valence-corrected chi connectivity index (χ2v) is 11.0. The highest BCUT2D eigenvalue weighted by Gasteiger charge is 2.29. The van der Waals surface area contributed by atoms with Crippen LogP contribution in [0.2, 0.25) is 0 Å². The minimum Gasteiger partial charge on any atom is -0.491 e. The van der Waals surface area contributed by atoms with Crippen molar-refractivity contribution in [2.24, 2.45) is 0 Å². The van der Waals surface area contributed by atoms with Gasteiger partial charge in [-0.2, -0.15) is 10.2 Å². The maximum Gasteiger partial charge on any atom is 0.244 e. The van der Waals surface area contributed by atoms with Crippen molar-refractivity contribution in [1.29, 1.82) is 0 Å². The van der Waals surface area contributed by atoms with E-state index in [0.29, 0.717) is 17.1 Å². The van der Waals surface area contributed by atoms with Gasteiger partial charge in [-0.25, -0.2) is 17.8 Å². The van der Waals surface area contributed by atoms with E-state index in [4.69, 9.17) is 4.74 Å². The zero-order chi connectivity index (χ0) is 24.7. The number of nitrogens with one attached hydrogen (secondary N) is 1.